The van der Waals surface area contributed by atoms with Crippen LogP contribution >= 0.6 is 11.8 Å². The van der Waals surface area contributed by atoms with Gasteiger partial charge in [0.05, 0.1) is 9.83 Å². The summed E-state index contributed by atoms with van der Waals surface area (Å²) in [5.41, 5.74) is 3.56. The van der Waals surface area contributed by atoms with Crippen molar-refractivity contribution in [3.8, 4) is 11.1 Å². The van der Waals surface area contributed by atoms with E-state index >= 15 is 0 Å². The van der Waals surface area contributed by atoms with Crippen LogP contribution in [0.3, 0.4) is 0 Å². The van der Waals surface area contributed by atoms with Crippen LogP contribution in [0, 0.1) is 10.8 Å². The third kappa shape index (κ3) is 1.38. The number of benzene rings is 2. The van der Waals surface area contributed by atoms with Gasteiger partial charge in [-0.2, -0.15) is 0 Å². The summed E-state index contributed by atoms with van der Waals surface area (Å²) in [6.45, 7) is 8.23. The van der Waals surface area contributed by atoms with E-state index < -0.39 is 31.1 Å². The van der Waals surface area contributed by atoms with Gasteiger partial charge in [-0.25, -0.2) is 0 Å². The fourth-order valence-corrected chi connectivity index (χ4v) is 11.7. The molecule has 4 heteroatoms. The average molecular weight is 383 g/mol. The Morgan fingerprint density at radius 3 is 1.81 bits per heavy atom. The third-order valence-electron chi connectivity index (χ3n) is 7.02. The number of thioether (sulfide) groups is 1. The van der Waals surface area contributed by atoms with Gasteiger partial charge in [0.2, 0.25) is 0 Å². The number of carbonyl (C=O) groups is 1. The number of fused-ring (bicyclic) bond motifs is 6. The van der Waals surface area contributed by atoms with Gasteiger partial charge in [-0.05, 0) is 22.3 Å². The topological polar surface area (TPSA) is 34.1 Å². The van der Waals surface area contributed by atoms with Gasteiger partial charge < -0.3 is 0 Å². The van der Waals surface area contributed by atoms with Gasteiger partial charge in [-0.3, -0.25) is 9.00 Å². The van der Waals surface area contributed by atoms with Crippen molar-refractivity contribution in [2.75, 3.05) is 5.08 Å². The Balaban J connectivity index is 1.97. The van der Waals surface area contributed by atoms with Crippen LogP contribution < -0.4 is 0 Å². The summed E-state index contributed by atoms with van der Waals surface area (Å²) in [4.78, 5) is 13.1. The Labute approximate surface area is 161 Å². The number of hydrogen-bond acceptors (Lipinski definition) is 3. The molecule has 3 aliphatic rings. The van der Waals surface area contributed by atoms with E-state index in [1.54, 1.807) is 11.8 Å². The molecule has 0 bridgehead atoms. The molecular weight excluding hydrogens is 360 g/mol. The molecule has 1 saturated carbocycles. The van der Waals surface area contributed by atoms with Crippen LogP contribution in [-0.2, 0) is 20.3 Å². The van der Waals surface area contributed by atoms with Crippen LogP contribution in [-0.4, -0.2) is 19.8 Å². The SMILES string of the molecule is CC1(C)C(=O)C(C)(C)C12SCS(=O)C21c2ccccc2-c2ccccc21. The Kier molecular flexibility index (Phi) is 3.04. The van der Waals surface area contributed by atoms with Crippen molar-refractivity contribution < 1.29 is 9.00 Å². The normalized spacial score (nSPS) is 28.0. The van der Waals surface area contributed by atoms with E-state index in [0.717, 1.165) is 11.1 Å². The Bertz CT molecular complexity index is 939. The maximum Gasteiger partial charge on any atom is 0.147 e. The third-order valence-corrected chi connectivity index (χ3v) is 11.7. The summed E-state index contributed by atoms with van der Waals surface area (Å²) >= 11 is 1.76. The van der Waals surface area contributed by atoms with Crippen molar-refractivity contribution in [2.45, 2.75) is 37.2 Å². The lowest BCUT2D eigenvalue weighted by molar-refractivity contribution is -0.162. The van der Waals surface area contributed by atoms with E-state index in [-0.39, 0.29) is 5.78 Å². The van der Waals surface area contributed by atoms with Crippen molar-refractivity contribution >= 4 is 28.3 Å². The summed E-state index contributed by atoms with van der Waals surface area (Å²) in [5, 5.41) is 0.572. The highest BCUT2D eigenvalue weighted by Crippen LogP contribution is 2.79. The highest BCUT2D eigenvalue weighted by molar-refractivity contribution is 8.15. The Hall–Kier alpha value is -1.39. The lowest BCUT2D eigenvalue weighted by Gasteiger charge is -2.68. The van der Waals surface area contributed by atoms with Gasteiger partial charge in [0.15, 0.2) is 0 Å². The van der Waals surface area contributed by atoms with Crippen molar-refractivity contribution in [3.05, 3.63) is 59.7 Å². The molecule has 0 radical (unpaired) electrons. The fourth-order valence-electron chi connectivity index (χ4n) is 6.37. The minimum absolute atomic E-state index is 0.276. The monoisotopic (exact) mass is 382 g/mol. The molecule has 0 N–H and O–H groups in total. The molecule has 26 heavy (non-hydrogen) atoms. The molecule has 2 aliphatic carbocycles. The molecule has 1 unspecified atom stereocenters. The second-order valence-corrected chi connectivity index (χ2v) is 11.8. The second-order valence-electron chi connectivity index (χ2n) is 8.64. The van der Waals surface area contributed by atoms with Crippen LogP contribution in [0.5, 0.6) is 0 Å². The largest absolute Gasteiger partial charge is 0.298 e. The zero-order chi connectivity index (χ0) is 18.5. The number of hydrogen-bond donors (Lipinski definition) is 0. The summed E-state index contributed by atoms with van der Waals surface area (Å²) in [7, 11) is -1.09. The lowest BCUT2D eigenvalue weighted by atomic mass is 9.41. The van der Waals surface area contributed by atoms with Gasteiger partial charge in [0.25, 0.3) is 0 Å². The molecule has 1 aliphatic heterocycles. The Morgan fingerprint density at radius 2 is 1.31 bits per heavy atom. The molecule has 0 aromatic heterocycles. The Morgan fingerprint density at radius 1 is 0.846 bits per heavy atom. The van der Waals surface area contributed by atoms with E-state index in [4.69, 9.17) is 0 Å². The molecule has 134 valence electrons. The highest BCUT2D eigenvalue weighted by atomic mass is 32.2. The van der Waals surface area contributed by atoms with Crippen LogP contribution in [0.15, 0.2) is 48.5 Å². The van der Waals surface area contributed by atoms with Gasteiger partial charge in [-0.15, -0.1) is 11.8 Å². The quantitative estimate of drug-likeness (QED) is 0.660. The van der Waals surface area contributed by atoms with Crippen LogP contribution in [0.4, 0.5) is 0 Å². The molecule has 5 rings (SSSR count). The number of rotatable bonds is 0. The van der Waals surface area contributed by atoms with Crippen LogP contribution in [0.25, 0.3) is 11.1 Å². The maximum absolute atomic E-state index is 13.8. The predicted molar refractivity (Wildman–Crippen MR) is 109 cm³/mol. The predicted octanol–water partition coefficient (Wildman–Crippen LogP) is 4.74. The number of carbonyl (C=O) groups excluding carboxylic acids is 1. The first-order chi connectivity index (χ1) is 12.2. The van der Waals surface area contributed by atoms with Crippen molar-refractivity contribution in [2.24, 2.45) is 10.8 Å². The summed E-state index contributed by atoms with van der Waals surface area (Å²) < 4.78 is 12.7. The van der Waals surface area contributed by atoms with Crippen molar-refractivity contribution in [3.63, 3.8) is 0 Å². The van der Waals surface area contributed by atoms with Crippen molar-refractivity contribution in [1.29, 1.82) is 0 Å². The molecule has 2 spiro atoms. The zero-order valence-corrected chi connectivity index (χ0v) is 17.1. The summed E-state index contributed by atoms with van der Waals surface area (Å²) in [6, 6.07) is 16.7. The van der Waals surface area contributed by atoms with E-state index in [9.17, 15) is 9.00 Å². The molecule has 1 atom stereocenters. The van der Waals surface area contributed by atoms with Gasteiger partial charge in [0.1, 0.15) is 10.5 Å². The zero-order valence-electron chi connectivity index (χ0n) is 15.5. The number of Topliss-reactive ketones (excluding diaryl/α,β-unsaturated/α-hetero) is 1. The lowest BCUT2D eigenvalue weighted by Crippen LogP contribution is -2.78. The number of ketones is 1. The van der Waals surface area contributed by atoms with Crippen LogP contribution in [0.2, 0.25) is 0 Å². The first-order valence-electron chi connectivity index (χ1n) is 9.01. The molecular formula is C22H22O2S2. The maximum atomic E-state index is 13.8. The molecule has 2 aromatic rings. The first-order valence-corrected chi connectivity index (χ1v) is 11.3. The molecule has 1 heterocycles. The van der Waals surface area contributed by atoms with Crippen molar-refractivity contribution in [1.82, 2.24) is 0 Å². The average Bonchev–Trinajstić information content (AvgIpc) is 3.12. The van der Waals surface area contributed by atoms with Gasteiger partial charge >= 0.3 is 0 Å². The minimum Gasteiger partial charge on any atom is -0.298 e. The summed E-state index contributed by atoms with van der Waals surface area (Å²) in [5.74, 6) is 0.276. The molecule has 1 saturated heterocycles. The smallest absolute Gasteiger partial charge is 0.147 e. The molecule has 2 nitrogen and oxygen atoms in total. The van der Waals surface area contributed by atoms with E-state index in [2.05, 4.69) is 64.1 Å². The van der Waals surface area contributed by atoms with E-state index in [1.807, 2.05) is 12.1 Å². The fraction of sp³-hybridized carbons (Fsp3) is 0.409. The van der Waals surface area contributed by atoms with E-state index in [0.29, 0.717) is 5.08 Å². The second kappa shape index (κ2) is 4.71. The standard InChI is InChI=1S/C22H22O2S2/c1-19(2)18(23)20(3,4)22(19)21(26(24)13-25-22)16-11-7-5-9-14(16)15-10-6-8-12-17(15)21/h5-12H,13H2,1-4H3. The van der Waals surface area contributed by atoms with E-state index in [1.165, 1.54) is 11.1 Å². The van der Waals surface area contributed by atoms with Gasteiger partial charge in [-0.1, -0.05) is 76.2 Å². The summed E-state index contributed by atoms with van der Waals surface area (Å²) in [6.07, 6.45) is 0. The molecule has 0 amide bonds. The highest BCUT2D eigenvalue weighted by Gasteiger charge is 2.84. The minimum atomic E-state index is -1.09. The van der Waals surface area contributed by atoms with Gasteiger partial charge in [0, 0.05) is 21.6 Å². The van der Waals surface area contributed by atoms with Crippen LogP contribution in [0.1, 0.15) is 38.8 Å². The molecule has 2 fully saturated rings. The molecule has 2 aromatic carbocycles. The first kappa shape index (κ1) is 16.8.